The molecule has 0 unspecified atom stereocenters. The van der Waals surface area contributed by atoms with Gasteiger partial charge in [-0.2, -0.15) is 0 Å². The zero-order chi connectivity index (χ0) is 18.8. The van der Waals surface area contributed by atoms with Crippen LogP contribution in [0.15, 0.2) is 42.5 Å². The van der Waals surface area contributed by atoms with Crippen molar-refractivity contribution < 1.29 is 9.53 Å². The Morgan fingerprint density at radius 1 is 1.11 bits per heavy atom. The Morgan fingerprint density at radius 3 is 2.63 bits per heavy atom. The van der Waals surface area contributed by atoms with E-state index in [1.807, 2.05) is 18.2 Å². The van der Waals surface area contributed by atoms with E-state index >= 15 is 0 Å². The molecule has 4 nitrogen and oxygen atoms in total. The van der Waals surface area contributed by atoms with Crippen molar-refractivity contribution in [3.63, 3.8) is 0 Å². The average Bonchev–Trinajstić information content (AvgIpc) is 2.69. The Hall–Kier alpha value is -2.51. The van der Waals surface area contributed by atoms with Crippen molar-refractivity contribution in [2.75, 3.05) is 6.54 Å². The summed E-state index contributed by atoms with van der Waals surface area (Å²) < 4.78 is 6.06. The summed E-state index contributed by atoms with van der Waals surface area (Å²) in [5.74, 6) is 0.876. The molecule has 0 radical (unpaired) electrons. The minimum Gasteiger partial charge on any atom is -0.490 e. The van der Waals surface area contributed by atoms with Crippen molar-refractivity contribution in [2.45, 2.75) is 44.2 Å². The van der Waals surface area contributed by atoms with E-state index in [0.717, 1.165) is 49.8 Å². The van der Waals surface area contributed by atoms with Gasteiger partial charge in [0.1, 0.15) is 5.75 Å². The first-order valence-corrected chi connectivity index (χ1v) is 9.76. The zero-order valence-corrected chi connectivity index (χ0v) is 15.8. The highest BCUT2D eigenvalue weighted by molar-refractivity contribution is 6.33. The molecule has 2 aromatic rings. The van der Waals surface area contributed by atoms with Gasteiger partial charge >= 0.3 is 0 Å². The molecule has 4 rings (SSSR count). The number of carbonyl (C=O) groups excluding carboxylic acids is 1. The van der Waals surface area contributed by atoms with E-state index in [-0.39, 0.29) is 12.0 Å². The summed E-state index contributed by atoms with van der Waals surface area (Å²) in [6.45, 7) is 7.86. The molecule has 1 aliphatic heterocycles. The second kappa shape index (κ2) is 7.62. The third-order valence-corrected chi connectivity index (χ3v) is 5.86. The molecule has 0 atom stereocenters. The van der Waals surface area contributed by atoms with Crippen LogP contribution in [0.2, 0.25) is 5.02 Å². The molecule has 1 heterocycles. The van der Waals surface area contributed by atoms with Crippen LogP contribution in [0.4, 0.5) is 5.69 Å². The van der Waals surface area contributed by atoms with Gasteiger partial charge in [-0.05, 0) is 55.9 Å². The van der Waals surface area contributed by atoms with Gasteiger partial charge in [0.05, 0.1) is 17.7 Å². The molecular weight excluding hydrogens is 360 g/mol. The highest BCUT2D eigenvalue weighted by Crippen LogP contribution is 2.33. The second-order valence-corrected chi connectivity index (χ2v) is 7.59. The number of halogens is 1. The number of amides is 1. The summed E-state index contributed by atoms with van der Waals surface area (Å²) in [6, 6.07) is 13.4. The number of rotatable bonds is 3. The van der Waals surface area contributed by atoms with Crippen molar-refractivity contribution in [1.29, 1.82) is 0 Å². The van der Waals surface area contributed by atoms with Crippen molar-refractivity contribution >= 4 is 23.2 Å². The number of nitrogens with zero attached hydrogens (tertiary/aromatic N) is 2. The Balaban J connectivity index is 1.36. The molecular formula is C22H21ClN2O2. The van der Waals surface area contributed by atoms with Crippen LogP contribution in [0.5, 0.6) is 5.75 Å². The summed E-state index contributed by atoms with van der Waals surface area (Å²) in [5.41, 5.74) is 2.46. The van der Waals surface area contributed by atoms with Gasteiger partial charge in [-0.1, -0.05) is 35.9 Å². The standard InChI is InChI=1S/C22H21ClN2O2/c1-24-21-11-10-18(14-20(21)23)27-17-8-6-16(7-9-17)25-13-12-15-4-2-3-5-19(15)22(25)26/h2-5,10-11,14,16-17H,6-9,12-13H2. The molecule has 0 N–H and O–H groups in total. The molecule has 1 amide bonds. The summed E-state index contributed by atoms with van der Waals surface area (Å²) >= 11 is 6.09. The molecule has 1 saturated carbocycles. The predicted molar refractivity (Wildman–Crippen MR) is 106 cm³/mol. The lowest BCUT2D eigenvalue weighted by molar-refractivity contribution is 0.0520. The van der Waals surface area contributed by atoms with Gasteiger partial charge in [0.25, 0.3) is 5.91 Å². The molecule has 2 aliphatic rings. The quantitative estimate of drug-likeness (QED) is 0.679. The number of ether oxygens (including phenoxy) is 1. The lowest BCUT2D eigenvalue weighted by Gasteiger charge is -2.39. The molecule has 1 aliphatic carbocycles. The highest BCUT2D eigenvalue weighted by atomic mass is 35.5. The van der Waals surface area contributed by atoms with Gasteiger partial charge in [0.15, 0.2) is 0 Å². The predicted octanol–water partition coefficient (Wildman–Crippen LogP) is 5.28. The number of benzene rings is 2. The Morgan fingerprint density at radius 2 is 1.89 bits per heavy atom. The lowest BCUT2D eigenvalue weighted by atomic mass is 9.89. The minimum absolute atomic E-state index is 0.128. The molecule has 2 aromatic carbocycles. The molecule has 138 valence electrons. The van der Waals surface area contributed by atoms with Crippen LogP contribution in [0.3, 0.4) is 0 Å². The topological polar surface area (TPSA) is 33.9 Å². The Labute approximate surface area is 164 Å². The van der Waals surface area contributed by atoms with Crippen molar-refractivity contribution in [3.05, 3.63) is 70.0 Å². The highest BCUT2D eigenvalue weighted by Gasteiger charge is 2.33. The normalized spacial score (nSPS) is 22.1. The average molecular weight is 381 g/mol. The number of fused-ring (bicyclic) bond motifs is 1. The first-order valence-electron chi connectivity index (χ1n) is 9.38. The monoisotopic (exact) mass is 380 g/mol. The van der Waals surface area contributed by atoms with Crippen LogP contribution in [0, 0.1) is 6.57 Å². The molecule has 5 heteroatoms. The Kier molecular flexibility index (Phi) is 5.05. The van der Waals surface area contributed by atoms with Gasteiger partial charge in [0, 0.05) is 18.2 Å². The fraction of sp³-hybridized carbons (Fsp3) is 0.364. The molecule has 0 bridgehead atoms. The van der Waals surface area contributed by atoms with E-state index in [9.17, 15) is 4.79 Å². The van der Waals surface area contributed by atoms with Crippen molar-refractivity contribution in [1.82, 2.24) is 4.90 Å². The van der Waals surface area contributed by atoms with E-state index in [2.05, 4.69) is 15.8 Å². The van der Waals surface area contributed by atoms with Gasteiger partial charge in [0.2, 0.25) is 5.69 Å². The maximum atomic E-state index is 12.8. The smallest absolute Gasteiger partial charge is 0.254 e. The van der Waals surface area contributed by atoms with Gasteiger partial charge in [-0.3, -0.25) is 4.79 Å². The second-order valence-electron chi connectivity index (χ2n) is 7.18. The van der Waals surface area contributed by atoms with Crippen LogP contribution in [0.1, 0.15) is 41.6 Å². The Bertz CT molecular complexity index is 897. The summed E-state index contributed by atoms with van der Waals surface area (Å²) in [6.07, 6.45) is 4.79. The maximum absolute atomic E-state index is 12.8. The third-order valence-electron chi connectivity index (χ3n) is 5.56. The van der Waals surface area contributed by atoms with Crippen LogP contribution >= 0.6 is 11.6 Å². The van der Waals surface area contributed by atoms with Crippen LogP contribution in [-0.2, 0) is 6.42 Å². The summed E-state index contributed by atoms with van der Waals surface area (Å²) in [4.78, 5) is 18.3. The molecule has 0 aromatic heterocycles. The fourth-order valence-electron chi connectivity index (χ4n) is 4.11. The SMILES string of the molecule is [C-]#[N+]c1ccc(OC2CCC(N3CCc4ccccc4C3=O)CC2)cc1Cl. The first kappa shape index (κ1) is 17.9. The van der Waals surface area contributed by atoms with E-state index in [1.54, 1.807) is 18.2 Å². The number of carbonyl (C=O) groups is 1. The van der Waals surface area contributed by atoms with Crippen LogP contribution < -0.4 is 4.74 Å². The minimum atomic E-state index is 0.128. The van der Waals surface area contributed by atoms with Gasteiger partial charge < -0.3 is 9.64 Å². The fourth-order valence-corrected chi connectivity index (χ4v) is 4.32. The first-order chi connectivity index (χ1) is 13.2. The van der Waals surface area contributed by atoms with Crippen LogP contribution in [-0.4, -0.2) is 29.5 Å². The van der Waals surface area contributed by atoms with Crippen LogP contribution in [0.25, 0.3) is 4.85 Å². The molecule has 0 spiro atoms. The third kappa shape index (κ3) is 3.65. The molecule has 0 saturated heterocycles. The molecule has 27 heavy (non-hydrogen) atoms. The largest absolute Gasteiger partial charge is 0.490 e. The zero-order valence-electron chi connectivity index (χ0n) is 15.0. The van der Waals surface area contributed by atoms with E-state index < -0.39 is 0 Å². The summed E-state index contributed by atoms with van der Waals surface area (Å²) in [5, 5.41) is 0.425. The van der Waals surface area contributed by atoms with Gasteiger partial charge in [-0.15, -0.1) is 0 Å². The number of hydrogen-bond donors (Lipinski definition) is 0. The van der Waals surface area contributed by atoms with Crippen molar-refractivity contribution in [3.8, 4) is 5.75 Å². The summed E-state index contributed by atoms with van der Waals surface area (Å²) in [7, 11) is 0. The van der Waals surface area contributed by atoms with Crippen molar-refractivity contribution in [2.24, 2.45) is 0 Å². The maximum Gasteiger partial charge on any atom is 0.254 e. The number of hydrogen-bond acceptors (Lipinski definition) is 2. The van der Waals surface area contributed by atoms with E-state index in [0.29, 0.717) is 22.5 Å². The van der Waals surface area contributed by atoms with E-state index in [1.165, 1.54) is 0 Å². The van der Waals surface area contributed by atoms with Gasteiger partial charge in [-0.25, -0.2) is 4.85 Å². The van der Waals surface area contributed by atoms with E-state index in [4.69, 9.17) is 22.9 Å². The molecule has 1 fully saturated rings. The lowest BCUT2D eigenvalue weighted by Crippen LogP contribution is -2.47.